The smallest absolute Gasteiger partial charge is 0.240 e. The van der Waals surface area contributed by atoms with Crippen LogP contribution in [0.5, 0.6) is 0 Å². The molecule has 1 heterocycles. The second-order valence-corrected chi connectivity index (χ2v) is 4.42. The second-order valence-electron chi connectivity index (χ2n) is 4.42. The summed E-state index contributed by atoms with van der Waals surface area (Å²) in [6.07, 6.45) is 9.08. The number of nitrogens with one attached hydrogen (secondary N) is 1. The number of aromatic nitrogens is 2. The van der Waals surface area contributed by atoms with Crippen LogP contribution in [0.3, 0.4) is 0 Å². The van der Waals surface area contributed by atoms with Crippen LogP contribution in [-0.2, 0) is 11.3 Å². The van der Waals surface area contributed by atoms with Gasteiger partial charge in [-0.15, -0.1) is 24.8 Å². The van der Waals surface area contributed by atoms with Crippen molar-refractivity contribution >= 4 is 30.7 Å². The van der Waals surface area contributed by atoms with Crippen molar-refractivity contribution < 1.29 is 4.79 Å². The Labute approximate surface area is 119 Å². The van der Waals surface area contributed by atoms with E-state index < -0.39 is 5.54 Å². The van der Waals surface area contributed by atoms with E-state index in [2.05, 4.69) is 10.3 Å². The fourth-order valence-corrected chi connectivity index (χ4v) is 2.13. The zero-order chi connectivity index (χ0) is 11.4. The van der Waals surface area contributed by atoms with Crippen LogP contribution in [-0.4, -0.2) is 27.5 Å². The maximum Gasteiger partial charge on any atom is 0.240 e. The number of halogens is 2. The maximum absolute atomic E-state index is 11.8. The molecule has 1 fully saturated rings. The molecule has 0 spiro atoms. The van der Waals surface area contributed by atoms with Crippen molar-refractivity contribution in [2.75, 3.05) is 6.54 Å². The maximum atomic E-state index is 11.8. The summed E-state index contributed by atoms with van der Waals surface area (Å²) in [4.78, 5) is 15.8. The third kappa shape index (κ3) is 4.15. The molecule has 1 aromatic heterocycles. The topological polar surface area (TPSA) is 72.9 Å². The summed E-state index contributed by atoms with van der Waals surface area (Å²) in [7, 11) is 0. The molecule has 2 rings (SSSR count). The van der Waals surface area contributed by atoms with Crippen LogP contribution in [0.25, 0.3) is 0 Å². The molecule has 3 N–H and O–H groups in total. The SMILES string of the molecule is Cl.Cl.NC1(C(=O)NCCn2ccnc2)CCCC1. The minimum absolute atomic E-state index is 0. The molecule has 0 aromatic carbocycles. The molecule has 1 aromatic rings. The minimum Gasteiger partial charge on any atom is -0.353 e. The van der Waals surface area contributed by atoms with Crippen LogP contribution >= 0.6 is 24.8 Å². The summed E-state index contributed by atoms with van der Waals surface area (Å²) in [6.45, 7) is 1.34. The van der Waals surface area contributed by atoms with Crippen LogP contribution in [0.4, 0.5) is 0 Å². The number of rotatable bonds is 4. The Morgan fingerprint density at radius 2 is 2.06 bits per heavy atom. The van der Waals surface area contributed by atoms with Crippen molar-refractivity contribution in [1.29, 1.82) is 0 Å². The number of carbonyl (C=O) groups is 1. The molecular weight excluding hydrogens is 275 g/mol. The van der Waals surface area contributed by atoms with Crippen molar-refractivity contribution in [3.8, 4) is 0 Å². The summed E-state index contributed by atoms with van der Waals surface area (Å²) in [5.41, 5.74) is 5.41. The highest BCUT2D eigenvalue weighted by Crippen LogP contribution is 2.26. The minimum atomic E-state index is -0.616. The molecule has 5 nitrogen and oxygen atoms in total. The molecule has 1 aliphatic carbocycles. The number of nitrogens with zero attached hydrogens (tertiary/aromatic N) is 2. The summed E-state index contributed by atoms with van der Waals surface area (Å²) in [6, 6.07) is 0. The number of amides is 1. The van der Waals surface area contributed by atoms with E-state index in [9.17, 15) is 4.79 Å². The summed E-state index contributed by atoms with van der Waals surface area (Å²) in [5.74, 6) is -0.00915. The van der Waals surface area contributed by atoms with E-state index in [1.807, 2.05) is 10.8 Å². The van der Waals surface area contributed by atoms with Gasteiger partial charge in [0.25, 0.3) is 0 Å². The number of hydrogen-bond acceptors (Lipinski definition) is 3. The standard InChI is InChI=1S/C11H18N4O.2ClH/c12-11(3-1-2-4-11)10(16)14-6-8-15-7-5-13-9-15;;/h5,7,9H,1-4,6,8,12H2,(H,14,16);2*1H. The lowest BCUT2D eigenvalue weighted by Gasteiger charge is -2.22. The predicted octanol–water partition coefficient (Wildman–Crippen LogP) is 1.11. The second kappa shape index (κ2) is 7.61. The number of carbonyl (C=O) groups excluding carboxylic acids is 1. The van der Waals surface area contributed by atoms with Crippen LogP contribution in [0.1, 0.15) is 25.7 Å². The van der Waals surface area contributed by atoms with Crippen molar-refractivity contribution in [3.05, 3.63) is 18.7 Å². The van der Waals surface area contributed by atoms with Crippen LogP contribution < -0.4 is 11.1 Å². The van der Waals surface area contributed by atoms with E-state index in [0.717, 1.165) is 32.2 Å². The van der Waals surface area contributed by atoms with Crippen molar-refractivity contribution in [2.24, 2.45) is 5.73 Å². The third-order valence-electron chi connectivity index (χ3n) is 3.16. The lowest BCUT2D eigenvalue weighted by molar-refractivity contribution is -0.126. The molecule has 0 unspecified atom stereocenters. The van der Waals surface area contributed by atoms with Gasteiger partial charge >= 0.3 is 0 Å². The highest BCUT2D eigenvalue weighted by Gasteiger charge is 2.36. The van der Waals surface area contributed by atoms with Gasteiger partial charge < -0.3 is 15.6 Å². The fourth-order valence-electron chi connectivity index (χ4n) is 2.13. The van der Waals surface area contributed by atoms with Gasteiger partial charge in [-0.1, -0.05) is 12.8 Å². The molecule has 1 amide bonds. The van der Waals surface area contributed by atoms with Gasteiger partial charge in [0.2, 0.25) is 5.91 Å². The van der Waals surface area contributed by atoms with Gasteiger partial charge in [-0.3, -0.25) is 4.79 Å². The molecule has 0 bridgehead atoms. The number of hydrogen-bond donors (Lipinski definition) is 2. The summed E-state index contributed by atoms with van der Waals surface area (Å²) >= 11 is 0. The Hall–Kier alpha value is -0.780. The first-order valence-electron chi connectivity index (χ1n) is 5.74. The Bertz CT molecular complexity index is 350. The molecule has 18 heavy (non-hydrogen) atoms. The molecule has 1 aliphatic rings. The van der Waals surface area contributed by atoms with Crippen molar-refractivity contribution in [1.82, 2.24) is 14.9 Å². The molecule has 0 saturated heterocycles. The van der Waals surface area contributed by atoms with Crippen LogP contribution in [0.2, 0.25) is 0 Å². The fraction of sp³-hybridized carbons (Fsp3) is 0.636. The van der Waals surface area contributed by atoms with Gasteiger partial charge in [-0.25, -0.2) is 4.98 Å². The van der Waals surface area contributed by atoms with Crippen molar-refractivity contribution in [2.45, 2.75) is 37.8 Å². The Balaban J connectivity index is 0.00000144. The molecule has 0 aliphatic heterocycles. The monoisotopic (exact) mass is 294 g/mol. The zero-order valence-corrected chi connectivity index (χ0v) is 11.8. The Kier molecular flexibility index (Phi) is 7.28. The van der Waals surface area contributed by atoms with Gasteiger partial charge in [0.1, 0.15) is 0 Å². The normalized spacial score (nSPS) is 16.5. The van der Waals surface area contributed by atoms with Gasteiger partial charge in [-0.05, 0) is 12.8 Å². The van der Waals surface area contributed by atoms with E-state index >= 15 is 0 Å². The van der Waals surface area contributed by atoms with Crippen LogP contribution in [0, 0.1) is 0 Å². The lowest BCUT2D eigenvalue weighted by atomic mass is 9.98. The highest BCUT2D eigenvalue weighted by molar-refractivity contribution is 5.86. The molecule has 104 valence electrons. The molecule has 0 atom stereocenters. The Morgan fingerprint density at radius 3 is 2.61 bits per heavy atom. The first kappa shape index (κ1) is 17.2. The van der Waals surface area contributed by atoms with E-state index in [4.69, 9.17) is 5.73 Å². The highest BCUT2D eigenvalue weighted by atomic mass is 35.5. The van der Waals surface area contributed by atoms with E-state index in [1.54, 1.807) is 12.5 Å². The molecule has 0 radical (unpaired) electrons. The van der Waals surface area contributed by atoms with Gasteiger partial charge in [-0.2, -0.15) is 0 Å². The van der Waals surface area contributed by atoms with Gasteiger partial charge in [0.15, 0.2) is 0 Å². The molecular formula is C11H20Cl2N4O. The number of imidazole rings is 1. The average molecular weight is 295 g/mol. The van der Waals surface area contributed by atoms with E-state index in [1.165, 1.54) is 0 Å². The summed E-state index contributed by atoms with van der Waals surface area (Å²) < 4.78 is 1.93. The zero-order valence-electron chi connectivity index (χ0n) is 10.2. The largest absolute Gasteiger partial charge is 0.353 e. The first-order chi connectivity index (χ1) is 7.71. The van der Waals surface area contributed by atoms with Crippen LogP contribution in [0.15, 0.2) is 18.7 Å². The molecule has 1 saturated carbocycles. The van der Waals surface area contributed by atoms with Gasteiger partial charge in [0, 0.05) is 25.5 Å². The lowest BCUT2D eigenvalue weighted by Crippen LogP contribution is -2.52. The first-order valence-corrected chi connectivity index (χ1v) is 5.74. The van der Waals surface area contributed by atoms with Gasteiger partial charge in [0.05, 0.1) is 11.9 Å². The van der Waals surface area contributed by atoms with Crippen molar-refractivity contribution in [3.63, 3.8) is 0 Å². The molecule has 7 heteroatoms. The summed E-state index contributed by atoms with van der Waals surface area (Å²) in [5, 5.41) is 2.89. The van der Waals surface area contributed by atoms with E-state index in [-0.39, 0.29) is 30.7 Å². The average Bonchev–Trinajstić information content (AvgIpc) is 2.90. The van der Waals surface area contributed by atoms with E-state index in [0.29, 0.717) is 6.54 Å². The quantitative estimate of drug-likeness (QED) is 0.874. The third-order valence-corrected chi connectivity index (χ3v) is 3.16. The number of nitrogens with two attached hydrogens (primary N) is 1. The predicted molar refractivity (Wildman–Crippen MR) is 75.1 cm³/mol. The Morgan fingerprint density at radius 1 is 1.39 bits per heavy atom.